The van der Waals surface area contributed by atoms with Crippen LogP contribution in [0.1, 0.15) is 13.3 Å². The van der Waals surface area contributed by atoms with E-state index in [-0.39, 0.29) is 0 Å². The zero-order chi connectivity index (χ0) is 20.2. The first-order valence-electron chi connectivity index (χ1n) is 9.63. The second kappa shape index (κ2) is 8.22. The predicted molar refractivity (Wildman–Crippen MR) is 116 cm³/mol. The van der Waals surface area contributed by atoms with E-state index in [0.717, 1.165) is 35.7 Å². The number of benzene rings is 2. The molecule has 148 valence electrons. The van der Waals surface area contributed by atoms with Gasteiger partial charge in [0.25, 0.3) is 0 Å². The standard InChI is InChI=1S/C23H24N4O2/c1-4-13-27-15-18(17-7-5-6-8-21(17)27)19-11-12-24-23(25-19)26-20-10-9-16(28-2)14-22(20)29-3/h5-12,14-15H,4,13H2,1-3H3,(H,24,25,26). The number of aromatic nitrogens is 3. The van der Waals surface area contributed by atoms with Gasteiger partial charge in [-0.05, 0) is 30.7 Å². The first-order chi connectivity index (χ1) is 14.2. The van der Waals surface area contributed by atoms with Crippen molar-refractivity contribution >= 4 is 22.5 Å². The van der Waals surface area contributed by atoms with Gasteiger partial charge in [-0.25, -0.2) is 9.97 Å². The minimum Gasteiger partial charge on any atom is -0.497 e. The van der Waals surface area contributed by atoms with Crippen molar-refractivity contribution in [2.24, 2.45) is 0 Å². The van der Waals surface area contributed by atoms with Gasteiger partial charge in [0.05, 0.1) is 25.6 Å². The van der Waals surface area contributed by atoms with E-state index >= 15 is 0 Å². The van der Waals surface area contributed by atoms with E-state index in [1.54, 1.807) is 20.4 Å². The fraction of sp³-hybridized carbons (Fsp3) is 0.217. The topological polar surface area (TPSA) is 61.2 Å². The van der Waals surface area contributed by atoms with E-state index in [1.807, 2.05) is 24.3 Å². The maximum Gasteiger partial charge on any atom is 0.227 e. The van der Waals surface area contributed by atoms with Gasteiger partial charge in [0.15, 0.2) is 0 Å². The Bertz CT molecular complexity index is 1140. The molecule has 2 aromatic carbocycles. The van der Waals surface area contributed by atoms with Crippen LogP contribution in [0.4, 0.5) is 11.6 Å². The molecule has 0 spiro atoms. The highest BCUT2D eigenvalue weighted by Crippen LogP contribution is 2.33. The Balaban J connectivity index is 1.71. The van der Waals surface area contributed by atoms with Crippen LogP contribution in [0, 0.1) is 0 Å². The molecule has 0 fully saturated rings. The highest BCUT2D eigenvalue weighted by atomic mass is 16.5. The minimum absolute atomic E-state index is 0.512. The van der Waals surface area contributed by atoms with E-state index in [1.165, 1.54) is 10.9 Å². The van der Waals surface area contributed by atoms with Crippen LogP contribution in [0.5, 0.6) is 11.5 Å². The molecule has 0 aliphatic carbocycles. The smallest absolute Gasteiger partial charge is 0.227 e. The van der Waals surface area contributed by atoms with Gasteiger partial charge in [0.2, 0.25) is 5.95 Å². The van der Waals surface area contributed by atoms with Gasteiger partial charge in [-0.1, -0.05) is 25.1 Å². The summed E-state index contributed by atoms with van der Waals surface area (Å²) < 4.78 is 13.0. The number of methoxy groups -OCH3 is 2. The van der Waals surface area contributed by atoms with Crippen LogP contribution < -0.4 is 14.8 Å². The van der Waals surface area contributed by atoms with Crippen molar-refractivity contribution in [3.05, 3.63) is 60.9 Å². The van der Waals surface area contributed by atoms with Crippen LogP contribution in [0.3, 0.4) is 0 Å². The molecule has 0 aliphatic heterocycles. The fourth-order valence-corrected chi connectivity index (χ4v) is 3.47. The summed E-state index contributed by atoms with van der Waals surface area (Å²) in [5.41, 5.74) is 3.97. The first kappa shape index (κ1) is 18.8. The molecular weight excluding hydrogens is 364 g/mol. The molecule has 0 saturated carbocycles. The lowest BCUT2D eigenvalue weighted by Crippen LogP contribution is -2.00. The average Bonchev–Trinajstić information content (AvgIpc) is 3.13. The van der Waals surface area contributed by atoms with Gasteiger partial charge in [0, 0.05) is 41.5 Å². The molecule has 4 aromatic rings. The van der Waals surface area contributed by atoms with Crippen molar-refractivity contribution in [1.29, 1.82) is 0 Å². The number of hydrogen-bond acceptors (Lipinski definition) is 5. The summed E-state index contributed by atoms with van der Waals surface area (Å²) in [5.74, 6) is 1.90. The zero-order valence-corrected chi connectivity index (χ0v) is 16.8. The van der Waals surface area contributed by atoms with Gasteiger partial charge in [-0.2, -0.15) is 0 Å². The molecule has 2 aromatic heterocycles. The third kappa shape index (κ3) is 3.74. The summed E-state index contributed by atoms with van der Waals surface area (Å²) in [7, 11) is 3.25. The summed E-state index contributed by atoms with van der Waals surface area (Å²) in [6, 6.07) is 15.9. The molecule has 0 radical (unpaired) electrons. The lowest BCUT2D eigenvalue weighted by atomic mass is 10.1. The molecule has 0 saturated heterocycles. The number of aryl methyl sites for hydroxylation is 1. The molecule has 6 heteroatoms. The highest BCUT2D eigenvalue weighted by molar-refractivity contribution is 5.95. The number of para-hydroxylation sites is 1. The Morgan fingerprint density at radius 2 is 1.90 bits per heavy atom. The van der Waals surface area contributed by atoms with Gasteiger partial charge < -0.3 is 19.4 Å². The second-order valence-corrected chi connectivity index (χ2v) is 6.71. The largest absolute Gasteiger partial charge is 0.497 e. The molecule has 6 nitrogen and oxygen atoms in total. The highest BCUT2D eigenvalue weighted by Gasteiger charge is 2.13. The second-order valence-electron chi connectivity index (χ2n) is 6.71. The van der Waals surface area contributed by atoms with Crippen molar-refractivity contribution in [2.45, 2.75) is 19.9 Å². The monoisotopic (exact) mass is 388 g/mol. The molecule has 4 rings (SSSR count). The average molecular weight is 388 g/mol. The van der Waals surface area contributed by atoms with Crippen LogP contribution >= 0.6 is 0 Å². The Kier molecular flexibility index (Phi) is 5.33. The Morgan fingerprint density at radius 1 is 1.03 bits per heavy atom. The molecule has 0 bridgehead atoms. The Morgan fingerprint density at radius 3 is 2.69 bits per heavy atom. The number of nitrogens with zero attached hydrogens (tertiary/aromatic N) is 3. The summed E-state index contributed by atoms with van der Waals surface area (Å²) in [4.78, 5) is 9.14. The van der Waals surface area contributed by atoms with Crippen LogP contribution in [-0.4, -0.2) is 28.8 Å². The van der Waals surface area contributed by atoms with E-state index < -0.39 is 0 Å². The third-order valence-electron chi connectivity index (χ3n) is 4.84. The molecule has 0 atom stereocenters. The lowest BCUT2D eigenvalue weighted by Gasteiger charge is -2.12. The number of nitrogens with one attached hydrogen (secondary N) is 1. The van der Waals surface area contributed by atoms with Gasteiger partial charge in [0.1, 0.15) is 11.5 Å². The van der Waals surface area contributed by atoms with Crippen molar-refractivity contribution in [2.75, 3.05) is 19.5 Å². The number of fused-ring (bicyclic) bond motifs is 1. The number of hydrogen-bond donors (Lipinski definition) is 1. The number of ether oxygens (including phenoxy) is 2. The SMILES string of the molecule is CCCn1cc(-c2ccnc(Nc3ccc(OC)cc3OC)n2)c2ccccc21. The van der Waals surface area contributed by atoms with Crippen LogP contribution in [0.15, 0.2) is 60.9 Å². The van der Waals surface area contributed by atoms with Gasteiger partial charge in [-0.15, -0.1) is 0 Å². The number of anilines is 2. The maximum absolute atomic E-state index is 5.46. The Hall–Kier alpha value is -3.54. The third-order valence-corrected chi connectivity index (χ3v) is 4.84. The first-order valence-corrected chi connectivity index (χ1v) is 9.63. The maximum atomic E-state index is 5.46. The molecular formula is C23H24N4O2. The molecule has 0 unspecified atom stereocenters. The molecule has 29 heavy (non-hydrogen) atoms. The van der Waals surface area contributed by atoms with E-state index in [4.69, 9.17) is 14.5 Å². The molecule has 0 aliphatic rings. The summed E-state index contributed by atoms with van der Waals surface area (Å²) in [6.07, 6.45) is 5.02. The van der Waals surface area contributed by atoms with E-state index in [2.05, 4.69) is 52.3 Å². The summed E-state index contributed by atoms with van der Waals surface area (Å²) in [6.45, 7) is 3.16. The number of rotatable bonds is 7. The van der Waals surface area contributed by atoms with Crippen LogP contribution in [-0.2, 0) is 6.54 Å². The van der Waals surface area contributed by atoms with Gasteiger partial charge >= 0.3 is 0 Å². The van der Waals surface area contributed by atoms with E-state index in [9.17, 15) is 0 Å². The minimum atomic E-state index is 0.512. The molecule has 0 amide bonds. The van der Waals surface area contributed by atoms with Crippen molar-refractivity contribution in [3.8, 4) is 22.8 Å². The fourth-order valence-electron chi connectivity index (χ4n) is 3.47. The summed E-state index contributed by atoms with van der Waals surface area (Å²) in [5, 5.41) is 4.44. The van der Waals surface area contributed by atoms with Crippen LogP contribution in [0.25, 0.3) is 22.2 Å². The summed E-state index contributed by atoms with van der Waals surface area (Å²) >= 11 is 0. The van der Waals surface area contributed by atoms with E-state index in [0.29, 0.717) is 11.7 Å². The molecule has 2 heterocycles. The van der Waals surface area contributed by atoms with Crippen molar-refractivity contribution < 1.29 is 9.47 Å². The predicted octanol–water partition coefficient (Wildman–Crippen LogP) is 5.27. The van der Waals surface area contributed by atoms with Crippen molar-refractivity contribution in [3.63, 3.8) is 0 Å². The van der Waals surface area contributed by atoms with Crippen molar-refractivity contribution in [1.82, 2.24) is 14.5 Å². The van der Waals surface area contributed by atoms with Gasteiger partial charge in [-0.3, -0.25) is 0 Å². The Labute approximate surface area is 170 Å². The quantitative estimate of drug-likeness (QED) is 0.467. The normalized spacial score (nSPS) is 10.9. The zero-order valence-electron chi connectivity index (χ0n) is 16.8. The lowest BCUT2D eigenvalue weighted by molar-refractivity contribution is 0.395. The van der Waals surface area contributed by atoms with Crippen LogP contribution in [0.2, 0.25) is 0 Å². The molecule has 1 N–H and O–H groups in total.